The molecule has 0 spiro atoms. The molecule has 2 heteroatoms. The van der Waals surface area contributed by atoms with E-state index in [1.54, 1.807) is 13.0 Å². The van der Waals surface area contributed by atoms with Gasteiger partial charge in [-0.25, -0.2) is 4.39 Å². The van der Waals surface area contributed by atoms with Gasteiger partial charge in [0.2, 0.25) is 0 Å². The monoisotopic (exact) mass is 283 g/mol. The molecule has 2 N–H and O–H groups in total. The average Bonchev–Trinajstić information content (AvgIpc) is 2.68. The van der Waals surface area contributed by atoms with Crippen molar-refractivity contribution in [2.24, 2.45) is 5.73 Å². The molecule has 1 aliphatic rings. The maximum atomic E-state index is 13.2. The largest absolute Gasteiger partial charge is 0.399 e. The van der Waals surface area contributed by atoms with E-state index in [-0.39, 0.29) is 5.82 Å². The van der Waals surface area contributed by atoms with Gasteiger partial charge in [0.15, 0.2) is 0 Å². The molecule has 0 aliphatic heterocycles. The fraction of sp³-hybridized carbons (Fsp3) is 0.263. The summed E-state index contributed by atoms with van der Waals surface area (Å²) in [5.74, 6) is -0.138. The second-order valence-electron chi connectivity index (χ2n) is 5.44. The zero-order chi connectivity index (χ0) is 15.2. The molecular formula is C19H22FN. The zero-order valence-electron chi connectivity index (χ0n) is 12.5. The van der Waals surface area contributed by atoms with Crippen LogP contribution in [0.25, 0.3) is 0 Å². The minimum atomic E-state index is -0.138. The second-order valence-corrected chi connectivity index (χ2v) is 5.44. The summed E-state index contributed by atoms with van der Waals surface area (Å²) >= 11 is 0. The summed E-state index contributed by atoms with van der Waals surface area (Å²) in [5.41, 5.74) is 10.7. The van der Waals surface area contributed by atoms with Gasteiger partial charge in [-0.15, -0.1) is 0 Å². The van der Waals surface area contributed by atoms with E-state index in [9.17, 15) is 4.39 Å². The second kappa shape index (κ2) is 7.07. The van der Waals surface area contributed by atoms with Gasteiger partial charge in [-0.2, -0.15) is 0 Å². The van der Waals surface area contributed by atoms with Crippen molar-refractivity contribution in [3.05, 3.63) is 82.9 Å². The third-order valence-electron chi connectivity index (χ3n) is 3.73. The van der Waals surface area contributed by atoms with E-state index in [0.717, 1.165) is 31.3 Å². The normalized spacial score (nSPS) is 14.4. The van der Waals surface area contributed by atoms with Crippen LogP contribution < -0.4 is 5.73 Å². The molecular weight excluding hydrogens is 261 g/mol. The van der Waals surface area contributed by atoms with Crippen LogP contribution in [0.3, 0.4) is 0 Å². The fourth-order valence-electron chi connectivity index (χ4n) is 2.57. The van der Waals surface area contributed by atoms with Crippen molar-refractivity contribution in [3.8, 4) is 0 Å². The quantitative estimate of drug-likeness (QED) is 0.829. The zero-order valence-corrected chi connectivity index (χ0v) is 12.5. The third-order valence-corrected chi connectivity index (χ3v) is 3.73. The first-order valence-corrected chi connectivity index (χ1v) is 7.34. The van der Waals surface area contributed by atoms with E-state index < -0.39 is 0 Å². The highest BCUT2D eigenvalue weighted by Gasteiger charge is 2.08. The summed E-state index contributed by atoms with van der Waals surface area (Å²) < 4.78 is 13.2. The number of aryl methyl sites for hydroxylation is 2. The van der Waals surface area contributed by atoms with Gasteiger partial charge in [0, 0.05) is 5.70 Å². The van der Waals surface area contributed by atoms with Crippen LogP contribution in [-0.2, 0) is 6.42 Å². The predicted molar refractivity (Wildman–Crippen MR) is 87.3 cm³/mol. The van der Waals surface area contributed by atoms with Gasteiger partial charge in [-0.1, -0.05) is 43.0 Å². The molecule has 1 aromatic rings. The van der Waals surface area contributed by atoms with Crippen molar-refractivity contribution < 1.29 is 4.39 Å². The van der Waals surface area contributed by atoms with E-state index in [0.29, 0.717) is 11.3 Å². The Kier molecular flexibility index (Phi) is 5.15. The van der Waals surface area contributed by atoms with E-state index >= 15 is 0 Å². The summed E-state index contributed by atoms with van der Waals surface area (Å²) in [6.07, 6.45) is 12.2. The Bertz CT molecular complexity index is 620. The highest BCUT2D eigenvalue weighted by atomic mass is 19.1. The third kappa shape index (κ3) is 4.19. The van der Waals surface area contributed by atoms with E-state index in [2.05, 4.69) is 18.7 Å². The Hall–Kier alpha value is -2.09. The maximum absolute atomic E-state index is 13.2. The number of nitrogens with two attached hydrogens (primary N) is 1. The molecule has 0 aromatic heterocycles. The lowest BCUT2D eigenvalue weighted by Gasteiger charge is -2.11. The SMILES string of the molecule is C=C(N)C1=CC=CCC=C1CCCc1ccc(F)c(C)c1. The lowest BCUT2D eigenvalue weighted by atomic mass is 9.96. The summed E-state index contributed by atoms with van der Waals surface area (Å²) in [6.45, 7) is 5.65. The van der Waals surface area contributed by atoms with Crippen LogP contribution in [0.15, 0.2) is 65.9 Å². The molecule has 110 valence electrons. The van der Waals surface area contributed by atoms with Gasteiger partial charge in [0.1, 0.15) is 5.82 Å². The summed E-state index contributed by atoms with van der Waals surface area (Å²) in [7, 11) is 0. The Morgan fingerprint density at radius 3 is 2.86 bits per heavy atom. The van der Waals surface area contributed by atoms with Crippen LogP contribution in [0.5, 0.6) is 0 Å². The molecule has 0 saturated heterocycles. The minimum Gasteiger partial charge on any atom is -0.399 e. The van der Waals surface area contributed by atoms with Crippen LogP contribution in [-0.4, -0.2) is 0 Å². The van der Waals surface area contributed by atoms with Crippen LogP contribution in [0, 0.1) is 12.7 Å². The molecule has 0 radical (unpaired) electrons. The van der Waals surface area contributed by atoms with Gasteiger partial charge < -0.3 is 5.73 Å². The molecule has 21 heavy (non-hydrogen) atoms. The number of hydrogen-bond acceptors (Lipinski definition) is 1. The van der Waals surface area contributed by atoms with Gasteiger partial charge in [0.05, 0.1) is 0 Å². The first-order valence-electron chi connectivity index (χ1n) is 7.34. The van der Waals surface area contributed by atoms with Crippen molar-refractivity contribution in [3.63, 3.8) is 0 Å². The Labute approximate surface area is 126 Å². The number of hydrogen-bond donors (Lipinski definition) is 1. The molecule has 1 nitrogen and oxygen atoms in total. The van der Waals surface area contributed by atoms with E-state index in [4.69, 9.17) is 5.73 Å². The summed E-state index contributed by atoms with van der Waals surface area (Å²) in [4.78, 5) is 0. The number of halogens is 1. The van der Waals surface area contributed by atoms with E-state index in [1.165, 1.54) is 11.1 Å². The molecule has 0 amide bonds. The molecule has 0 bridgehead atoms. The van der Waals surface area contributed by atoms with Crippen molar-refractivity contribution in [2.75, 3.05) is 0 Å². The molecule has 0 fully saturated rings. The average molecular weight is 283 g/mol. The minimum absolute atomic E-state index is 0.138. The predicted octanol–water partition coefficient (Wildman–Crippen LogP) is 4.74. The lowest BCUT2D eigenvalue weighted by Crippen LogP contribution is -2.02. The topological polar surface area (TPSA) is 26.0 Å². The van der Waals surface area contributed by atoms with Crippen LogP contribution in [0.4, 0.5) is 4.39 Å². The first-order chi connectivity index (χ1) is 10.1. The van der Waals surface area contributed by atoms with Crippen LogP contribution >= 0.6 is 0 Å². The molecule has 2 rings (SSSR count). The highest BCUT2D eigenvalue weighted by molar-refractivity contribution is 5.47. The van der Waals surface area contributed by atoms with Crippen molar-refractivity contribution in [2.45, 2.75) is 32.6 Å². The Morgan fingerprint density at radius 2 is 2.14 bits per heavy atom. The van der Waals surface area contributed by atoms with Crippen LogP contribution in [0.1, 0.15) is 30.4 Å². The molecule has 0 atom stereocenters. The van der Waals surface area contributed by atoms with E-state index in [1.807, 2.05) is 24.3 Å². The number of rotatable bonds is 5. The molecule has 1 aromatic carbocycles. The Morgan fingerprint density at radius 1 is 1.33 bits per heavy atom. The summed E-state index contributed by atoms with van der Waals surface area (Å²) in [6, 6.07) is 5.34. The molecule has 0 unspecified atom stereocenters. The maximum Gasteiger partial charge on any atom is 0.126 e. The molecule has 0 saturated carbocycles. The van der Waals surface area contributed by atoms with Gasteiger partial charge >= 0.3 is 0 Å². The van der Waals surface area contributed by atoms with Crippen molar-refractivity contribution in [1.82, 2.24) is 0 Å². The number of allylic oxidation sites excluding steroid dienone is 5. The standard InChI is InChI=1S/C19H22FN/c1-14-13-16(11-12-19(14)20)7-6-9-17-8-4-3-5-10-18(17)15(2)21/h3,5,8,10-13H,2,4,6-7,9,21H2,1H3. The van der Waals surface area contributed by atoms with Crippen LogP contribution in [0.2, 0.25) is 0 Å². The Balaban J connectivity index is 1.97. The fourth-order valence-corrected chi connectivity index (χ4v) is 2.57. The van der Waals surface area contributed by atoms with Gasteiger partial charge in [-0.05, 0) is 60.9 Å². The first kappa shape index (κ1) is 15.3. The van der Waals surface area contributed by atoms with Crippen molar-refractivity contribution >= 4 is 0 Å². The number of benzene rings is 1. The van der Waals surface area contributed by atoms with Crippen molar-refractivity contribution in [1.29, 1.82) is 0 Å². The molecule has 0 heterocycles. The smallest absolute Gasteiger partial charge is 0.126 e. The van der Waals surface area contributed by atoms with Gasteiger partial charge in [0.25, 0.3) is 0 Å². The highest BCUT2D eigenvalue weighted by Crippen LogP contribution is 2.24. The summed E-state index contributed by atoms with van der Waals surface area (Å²) in [5, 5.41) is 0. The molecule has 1 aliphatic carbocycles. The van der Waals surface area contributed by atoms with Gasteiger partial charge in [-0.3, -0.25) is 0 Å². The lowest BCUT2D eigenvalue weighted by molar-refractivity contribution is 0.617.